The van der Waals surface area contributed by atoms with Gasteiger partial charge in [0.05, 0.1) is 6.61 Å². The highest BCUT2D eigenvalue weighted by Crippen LogP contribution is 2.34. The molecule has 2 N–H and O–H groups in total. The molecule has 0 bridgehead atoms. The molecule has 0 aliphatic heterocycles. The van der Waals surface area contributed by atoms with E-state index in [-0.39, 0.29) is 6.61 Å². The number of aliphatic hydroxyl groups is 1. The van der Waals surface area contributed by atoms with Crippen LogP contribution >= 0.6 is 0 Å². The number of hydrogen-bond donors (Lipinski definition) is 2. The van der Waals surface area contributed by atoms with Gasteiger partial charge in [-0.2, -0.15) is 0 Å². The third-order valence-corrected chi connectivity index (χ3v) is 4.06. The molecule has 0 heterocycles. The van der Waals surface area contributed by atoms with Crippen molar-refractivity contribution in [3.8, 4) is 0 Å². The summed E-state index contributed by atoms with van der Waals surface area (Å²) in [6, 6.07) is 8.70. The van der Waals surface area contributed by atoms with Crippen LogP contribution in [0.25, 0.3) is 0 Å². The molecule has 1 aliphatic carbocycles. The highest BCUT2D eigenvalue weighted by atomic mass is 16.3. The number of aliphatic hydroxyl groups excluding tert-OH is 1. The summed E-state index contributed by atoms with van der Waals surface area (Å²) in [4.78, 5) is 0. The highest BCUT2D eigenvalue weighted by Gasteiger charge is 2.24. The summed E-state index contributed by atoms with van der Waals surface area (Å²) in [6.45, 7) is 4.87. The molecule has 0 radical (unpaired) electrons. The van der Waals surface area contributed by atoms with Gasteiger partial charge in [0.1, 0.15) is 0 Å². The van der Waals surface area contributed by atoms with Crippen LogP contribution in [-0.2, 0) is 6.61 Å². The smallest absolute Gasteiger partial charge is 0.0682 e. The Hall–Kier alpha value is -1.02. The summed E-state index contributed by atoms with van der Waals surface area (Å²) in [5, 5.41) is 12.8. The topological polar surface area (TPSA) is 32.3 Å². The van der Waals surface area contributed by atoms with E-state index in [0.717, 1.165) is 11.3 Å². The molecule has 1 fully saturated rings. The van der Waals surface area contributed by atoms with E-state index in [1.54, 1.807) is 0 Å². The first kappa shape index (κ1) is 13.4. The number of hydrogen-bond acceptors (Lipinski definition) is 2. The molecule has 2 rings (SSSR count). The Labute approximate surface area is 110 Å². The zero-order valence-corrected chi connectivity index (χ0v) is 11.6. The second kappa shape index (κ2) is 5.75. The van der Waals surface area contributed by atoms with Gasteiger partial charge in [-0.1, -0.05) is 32.4 Å². The van der Waals surface area contributed by atoms with Crippen LogP contribution in [0.5, 0.6) is 0 Å². The number of nitrogens with one attached hydrogen (secondary N) is 1. The summed E-state index contributed by atoms with van der Waals surface area (Å²) < 4.78 is 0. The van der Waals surface area contributed by atoms with Gasteiger partial charge in [-0.15, -0.1) is 0 Å². The van der Waals surface area contributed by atoms with Crippen molar-refractivity contribution >= 4 is 5.69 Å². The Bertz CT molecular complexity index is 386. The minimum absolute atomic E-state index is 0.118. The molecule has 1 saturated carbocycles. The molecule has 0 spiro atoms. The molecule has 0 saturated heterocycles. The first-order valence-electron chi connectivity index (χ1n) is 7.05. The number of benzene rings is 1. The van der Waals surface area contributed by atoms with Crippen LogP contribution < -0.4 is 5.32 Å². The molecule has 1 aromatic rings. The van der Waals surface area contributed by atoms with Crippen molar-refractivity contribution in [2.75, 3.05) is 5.32 Å². The molecule has 1 aromatic carbocycles. The lowest BCUT2D eigenvalue weighted by molar-refractivity contribution is 0.282. The van der Waals surface area contributed by atoms with Crippen molar-refractivity contribution in [3.05, 3.63) is 29.8 Å². The lowest BCUT2D eigenvalue weighted by atomic mass is 9.85. The Kier molecular flexibility index (Phi) is 4.28. The van der Waals surface area contributed by atoms with Crippen LogP contribution in [0.15, 0.2) is 24.3 Å². The standard InChI is InChI=1S/C16H25NO/c1-16(2)9-4-7-14(8-10-16)17-15-6-3-5-13(11-15)12-18/h3,5-6,11,14,17-18H,4,7-10,12H2,1-2H3. The second-order valence-corrected chi connectivity index (χ2v) is 6.29. The lowest BCUT2D eigenvalue weighted by Crippen LogP contribution is -2.19. The van der Waals surface area contributed by atoms with Gasteiger partial charge in [-0.3, -0.25) is 0 Å². The molecule has 1 aliphatic rings. The Morgan fingerprint density at radius 1 is 1.28 bits per heavy atom. The van der Waals surface area contributed by atoms with Gasteiger partial charge in [0, 0.05) is 11.7 Å². The normalized spacial score (nSPS) is 23.4. The van der Waals surface area contributed by atoms with Crippen LogP contribution in [0.1, 0.15) is 51.5 Å². The van der Waals surface area contributed by atoms with Gasteiger partial charge in [0.2, 0.25) is 0 Å². The molecule has 100 valence electrons. The van der Waals surface area contributed by atoms with Gasteiger partial charge in [0.25, 0.3) is 0 Å². The van der Waals surface area contributed by atoms with Crippen molar-refractivity contribution in [3.63, 3.8) is 0 Å². The third-order valence-electron chi connectivity index (χ3n) is 4.06. The molecule has 0 aromatic heterocycles. The van der Waals surface area contributed by atoms with Gasteiger partial charge in [-0.25, -0.2) is 0 Å². The van der Waals surface area contributed by atoms with Crippen LogP contribution in [0, 0.1) is 5.41 Å². The fourth-order valence-corrected chi connectivity index (χ4v) is 2.80. The maximum atomic E-state index is 9.15. The first-order valence-corrected chi connectivity index (χ1v) is 7.05. The Morgan fingerprint density at radius 3 is 2.89 bits per heavy atom. The van der Waals surface area contributed by atoms with E-state index in [1.807, 2.05) is 12.1 Å². The largest absolute Gasteiger partial charge is 0.392 e. The molecule has 1 atom stereocenters. The summed E-state index contributed by atoms with van der Waals surface area (Å²) in [6.07, 6.45) is 6.44. The van der Waals surface area contributed by atoms with Crippen molar-refractivity contribution in [1.82, 2.24) is 0 Å². The molecule has 0 amide bonds. The van der Waals surface area contributed by atoms with E-state index in [9.17, 15) is 0 Å². The summed E-state index contributed by atoms with van der Waals surface area (Å²) in [7, 11) is 0. The van der Waals surface area contributed by atoms with Gasteiger partial charge < -0.3 is 10.4 Å². The molecular weight excluding hydrogens is 222 g/mol. The Morgan fingerprint density at radius 2 is 2.11 bits per heavy atom. The highest BCUT2D eigenvalue weighted by molar-refractivity contribution is 5.46. The first-order chi connectivity index (χ1) is 8.59. The van der Waals surface area contributed by atoms with Gasteiger partial charge in [-0.05, 0) is 48.8 Å². The van der Waals surface area contributed by atoms with Crippen LogP contribution in [0.2, 0.25) is 0 Å². The maximum Gasteiger partial charge on any atom is 0.0682 e. The van der Waals surface area contributed by atoms with E-state index in [2.05, 4.69) is 31.3 Å². The summed E-state index contributed by atoms with van der Waals surface area (Å²) in [5.74, 6) is 0. The maximum absolute atomic E-state index is 9.15. The van der Waals surface area contributed by atoms with E-state index >= 15 is 0 Å². The molecule has 2 heteroatoms. The molecule has 2 nitrogen and oxygen atoms in total. The average molecular weight is 247 g/mol. The van der Waals surface area contributed by atoms with E-state index < -0.39 is 0 Å². The average Bonchev–Trinajstić information content (AvgIpc) is 2.51. The van der Waals surface area contributed by atoms with Crippen molar-refractivity contribution < 1.29 is 5.11 Å². The predicted octanol–water partition coefficient (Wildman–Crippen LogP) is 3.95. The molecule has 18 heavy (non-hydrogen) atoms. The minimum Gasteiger partial charge on any atom is -0.392 e. The van der Waals surface area contributed by atoms with E-state index in [1.165, 1.54) is 32.1 Å². The summed E-state index contributed by atoms with van der Waals surface area (Å²) >= 11 is 0. The minimum atomic E-state index is 0.118. The fraction of sp³-hybridized carbons (Fsp3) is 0.625. The van der Waals surface area contributed by atoms with Crippen molar-refractivity contribution in [2.24, 2.45) is 5.41 Å². The van der Waals surface area contributed by atoms with Crippen molar-refractivity contribution in [1.29, 1.82) is 0 Å². The van der Waals surface area contributed by atoms with Crippen molar-refractivity contribution in [2.45, 2.75) is 58.6 Å². The quantitative estimate of drug-likeness (QED) is 0.793. The number of rotatable bonds is 3. The third kappa shape index (κ3) is 3.74. The second-order valence-electron chi connectivity index (χ2n) is 6.29. The SMILES string of the molecule is CC1(C)CCCC(Nc2cccc(CO)c2)CC1. The predicted molar refractivity (Wildman–Crippen MR) is 76.6 cm³/mol. The Balaban J connectivity index is 1.96. The fourth-order valence-electron chi connectivity index (χ4n) is 2.80. The zero-order valence-electron chi connectivity index (χ0n) is 11.6. The van der Waals surface area contributed by atoms with Gasteiger partial charge >= 0.3 is 0 Å². The molecular formula is C16H25NO. The lowest BCUT2D eigenvalue weighted by Gasteiger charge is -2.22. The van der Waals surface area contributed by atoms with E-state index in [0.29, 0.717) is 11.5 Å². The zero-order chi connectivity index (χ0) is 13.0. The van der Waals surface area contributed by atoms with E-state index in [4.69, 9.17) is 5.11 Å². The summed E-state index contributed by atoms with van der Waals surface area (Å²) in [5.41, 5.74) is 2.63. The van der Waals surface area contributed by atoms with Crippen LogP contribution in [-0.4, -0.2) is 11.1 Å². The van der Waals surface area contributed by atoms with Crippen LogP contribution in [0.3, 0.4) is 0 Å². The van der Waals surface area contributed by atoms with Crippen LogP contribution in [0.4, 0.5) is 5.69 Å². The van der Waals surface area contributed by atoms with Gasteiger partial charge in [0.15, 0.2) is 0 Å². The monoisotopic (exact) mass is 247 g/mol. The number of anilines is 1. The molecule has 1 unspecified atom stereocenters.